The fourth-order valence-electron chi connectivity index (χ4n) is 2.25. The molecule has 1 aromatic carbocycles. The molecule has 0 aliphatic carbocycles. The molecule has 1 heterocycles. The maximum Gasteiger partial charge on any atom is 0.293 e. The number of anilines is 1. The first kappa shape index (κ1) is 13.3. The smallest absolute Gasteiger partial charge is 0.293 e. The Labute approximate surface area is 118 Å². The van der Waals surface area contributed by atoms with Crippen LogP contribution < -0.4 is 4.90 Å². The van der Waals surface area contributed by atoms with Gasteiger partial charge >= 0.3 is 0 Å². The fraction of sp³-hybridized carbons (Fsp3) is 0.417. The van der Waals surface area contributed by atoms with Gasteiger partial charge in [0.1, 0.15) is 12.0 Å². The third-order valence-electron chi connectivity index (χ3n) is 3.13. The van der Waals surface area contributed by atoms with Crippen molar-refractivity contribution in [3.05, 3.63) is 31.9 Å². The number of aldehydes is 1. The second kappa shape index (κ2) is 5.64. The van der Waals surface area contributed by atoms with Gasteiger partial charge in [0, 0.05) is 28.6 Å². The minimum absolute atomic E-state index is 0.0161. The van der Waals surface area contributed by atoms with E-state index >= 15 is 0 Å². The van der Waals surface area contributed by atoms with Gasteiger partial charge in [-0.25, -0.2) is 0 Å². The van der Waals surface area contributed by atoms with Crippen molar-refractivity contribution in [1.82, 2.24) is 0 Å². The number of benzene rings is 1. The lowest BCUT2D eigenvalue weighted by molar-refractivity contribution is -0.384. The van der Waals surface area contributed by atoms with Crippen molar-refractivity contribution in [2.45, 2.75) is 12.8 Å². The molecule has 0 bridgehead atoms. The van der Waals surface area contributed by atoms with Crippen LogP contribution in [0.2, 0.25) is 0 Å². The maximum absolute atomic E-state index is 11.1. The van der Waals surface area contributed by atoms with E-state index in [1.54, 1.807) is 12.1 Å². The summed E-state index contributed by atoms with van der Waals surface area (Å²) < 4.78 is 0.840. The van der Waals surface area contributed by atoms with Crippen LogP contribution in [-0.2, 0) is 4.79 Å². The first-order chi connectivity index (χ1) is 8.61. The van der Waals surface area contributed by atoms with Crippen molar-refractivity contribution in [1.29, 1.82) is 0 Å². The number of hydrogen-bond acceptors (Lipinski definition) is 4. The molecule has 0 amide bonds. The van der Waals surface area contributed by atoms with Crippen LogP contribution in [0, 0.1) is 19.6 Å². The summed E-state index contributed by atoms with van der Waals surface area (Å²) >= 11 is 2.06. The molecular formula is C12H13IN2O3. The zero-order valence-corrected chi connectivity index (χ0v) is 11.9. The molecule has 1 aliphatic heterocycles. The van der Waals surface area contributed by atoms with Crippen molar-refractivity contribution in [3.8, 4) is 0 Å². The molecule has 1 atom stereocenters. The number of nitrogens with zero attached hydrogens (tertiary/aromatic N) is 2. The summed E-state index contributed by atoms with van der Waals surface area (Å²) in [6, 6.07) is 5.20. The number of rotatable bonds is 3. The van der Waals surface area contributed by atoms with Crippen molar-refractivity contribution in [2.75, 3.05) is 18.0 Å². The average Bonchev–Trinajstić information content (AvgIpc) is 2.38. The van der Waals surface area contributed by atoms with E-state index in [-0.39, 0.29) is 16.5 Å². The number of piperidine rings is 1. The standard InChI is InChI=1S/C12H13IN2O3/c13-10-3-4-11(12(6-10)15(17)18)14-5-1-2-9(7-14)8-16/h3-4,6,8-9H,1-2,5,7H2. The topological polar surface area (TPSA) is 63.5 Å². The van der Waals surface area contributed by atoms with Gasteiger partial charge in [0.15, 0.2) is 0 Å². The van der Waals surface area contributed by atoms with E-state index in [0.29, 0.717) is 12.2 Å². The fourth-order valence-corrected chi connectivity index (χ4v) is 2.72. The summed E-state index contributed by atoms with van der Waals surface area (Å²) in [7, 11) is 0. The van der Waals surface area contributed by atoms with E-state index in [1.807, 2.05) is 11.0 Å². The van der Waals surface area contributed by atoms with Gasteiger partial charge in [-0.1, -0.05) is 0 Å². The molecule has 1 aliphatic rings. The molecule has 0 N–H and O–H groups in total. The van der Waals surface area contributed by atoms with Crippen LogP contribution >= 0.6 is 22.6 Å². The summed E-state index contributed by atoms with van der Waals surface area (Å²) in [5, 5.41) is 11.1. The molecule has 1 fully saturated rings. The van der Waals surface area contributed by atoms with E-state index in [9.17, 15) is 14.9 Å². The number of nitro benzene ring substituents is 1. The van der Waals surface area contributed by atoms with E-state index in [0.717, 1.165) is 29.2 Å². The summed E-state index contributed by atoms with van der Waals surface area (Å²) in [4.78, 5) is 23.5. The summed E-state index contributed by atoms with van der Waals surface area (Å²) in [6.45, 7) is 1.34. The van der Waals surface area contributed by atoms with Crippen LogP contribution in [0.25, 0.3) is 0 Å². The Bertz CT molecular complexity index is 478. The maximum atomic E-state index is 11.1. The van der Waals surface area contributed by atoms with Gasteiger partial charge < -0.3 is 9.69 Å². The van der Waals surface area contributed by atoms with Crippen LogP contribution in [0.3, 0.4) is 0 Å². The molecule has 0 radical (unpaired) electrons. The van der Waals surface area contributed by atoms with Crippen LogP contribution in [0.4, 0.5) is 11.4 Å². The molecule has 5 nitrogen and oxygen atoms in total. The largest absolute Gasteiger partial charge is 0.365 e. The number of hydrogen-bond donors (Lipinski definition) is 0. The van der Waals surface area contributed by atoms with Gasteiger partial charge in [-0.15, -0.1) is 0 Å². The number of carbonyl (C=O) groups excluding carboxylic acids is 1. The minimum Gasteiger partial charge on any atom is -0.365 e. The molecule has 18 heavy (non-hydrogen) atoms. The molecule has 6 heteroatoms. The van der Waals surface area contributed by atoms with Crippen molar-refractivity contribution in [2.24, 2.45) is 5.92 Å². The Balaban J connectivity index is 2.32. The van der Waals surface area contributed by atoms with Crippen LogP contribution in [0.15, 0.2) is 18.2 Å². The van der Waals surface area contributed by atoms with Gasteiger partial charge in [0.05, 0.1) is 4.92 Å². The van der Waals surface area contributed by atoms with Crippen LogP contribution in [0.5, 0.6) is 0 Å². The van der Waals surface area contributed by atoms with E-state index in [2.05, 4.69) is 22.6 Å². The zero-order chi connectivity index (χ0) is 13.1. The minimum atomic E-state index is -0.359. The monoisotopic (exact) mass is 360 g/mol. The highest BCUT2D eigenvalue weighted by Crippen LogP contribution is 2.32. The quantitative estimate of drug-likeness (QED) is 0.360. The number of halogens is 1. The molecule has 96 valence electrons. The van der Waals surface area contributed by atoms with Crippen molar-refractivity contribution < 1.29 is 9.72 Å². The van der Waals surface area contributed by atoms with Gasteiger partial charge in [-0.05, 0) is 47.6 Å². The molecule has 0 saturated carbocycles. The second-order valence-electron chi connectivity index (χ2n) is 4.37. The van der Waals surface area contributed by atoms with E-state index in [4.69, 9.17) is 0 Å². The highest BCUT2D eigenvalue weighted by molar-refractivity contribution is 14.1. The molecule has 2 rings (SSSR count). The summed E-state index contributed by atoms with van der Waals surface area (Å²) in [5.74, 6) is -0.0161. The van der Waals surface area contributed by atoms with Gasteiger partial charge in [0.2, 0.25) is 0 Å². The Morgan fingerprint density at radius 1 is 1.50 bits per heavy atom. The predicted octanol–water partition coefficient (Wildman–Crippen LogP) is 2.61. The third kappa shape index (κ3) is 2.80. The molecule has 0 spiro atoms. The van der Waals surface area contributed by atoms with Gasteiger partial charge in [-0.3, -0.25) is 10.1 Å². The van der Waals surface area contributed by atoms with Crippen molar-refractivity contribution in [3.63, 3.8) is 0 Å². The second-order valence-corrected chi connectivity index (χ2v) is 5.62. The Hall–Kier alpha value is -1.18. The SMILES string of the molecule is O=CC1CCCN(c2ccc(I)cc2[N+](=O)[O-])C1. The van der Waals surface area contributed by atoms with Crippen LogP contribution in [-0.4, -0.2) is 24.3 Å². The zero-order valence-electron chi connectivity index (χ0n) is 9.71. The Kier molecular flexibility index (Phi) is 4.15. The lowest BCUT2D eigenvalue weighted by Gasteiger charge is -2.31. The molecule has 0 aromatic heterocycles. The van der Waals surface area contributed by atoms with Gasteiger partial charge in [0.25, 0.3) is 5.69 Å². The van der Waals surface area contributed by atoms with Crippen molar-refractivity contribution >= 4 is 40.3 Å². The normalized spacial score (nSPS) is 19.6. The number of carbonyl (C=O) groups is 1. The average molecular weight is 360 g/mol. The van der Waals surface area contributed by atoms with Gasteiger partial charge in [-0.2, -0.15) is 0 Å². The van der Waals surface area contributed by atoms with E-state index < -0.39 is 0 Å². The highest BCUT2D eigenvalue weighted by atomic mass is 127. The Morgan fingerprint density at radius 3 is 2.94 bits per heavy atom. The lowest BCUT2D eigenvalue weighted by atomic mass is 9.99. The summed E-state index contributed by atoms with van der Waals surface area (Å²) in [5.41, 5.74) is 0.736. The Morgan fingerprint density at radius 2 is 2.28 bits per heavy atom. The lowest BCUT2D eigenvalue weighted by Crippen LogP contribution is -2.36. The molecule has 1 aromatic rings. The molecular weight excluding hydrogens is 347 g/mol. The molecule has 1 unspecified atom stereocenters. The first-order valence-electron chi connectivity index (χ1n) is 5.76. The first-order valence-corrected chi connectivity index (χ1v) is 6.84. The summed E-state index contributed by atoms with van der Waals surface area (Å²) in [6.07, 6.45) is 2.72. The highest BCUT2D eigenvalue weighted by Gasteiger charge is 2.25. The third-order valence-corrected chi connectivity index (χ3v) is 3.80. The number of nitro groups is 1. The predicted molar refractivity (Wildman–Crippen MR) is 76.8 cm³/mol. The van der Waals surface area contributed by atoms with E-state index in [1.165, 1.54) is 0 Å². The van der Waals surface area contributed by atoms with Crippen LogP contribution in [0.1, 0.15) is 12.8 Å². The molecule has 1 saturated heterocycles.